The van der Waals surface area contributed by atoms with Gasteiger partial charge in [0.05, 0.1) is 22.3 Å². The molecular weight excluding hydrogens is 334 g/mol. The van der Waals surface area contributed by atoms with Crippen molar-refractivity contribution in [1.82, 2.24) is 14.3 Å². The minimum absolute atomic E-state index is 0.390. The van der Waals surface area contributed by atoms with E-state index in [1.54, 1.807) is 6.33 Å². The number of benzene rings is 2. The van der Waals surface area contributed by atoms with Crippen molar-refractivity contribution >= 4 is 21.1 Å². The molecule has 3 rings (SSSR count). The lowest BCUT2D eigenvalue weighted by Crippen LogP contribution is -2.27. The Labute approximate surface area is 148 Å². The summed E-state index contributed by atoms with van der Waals surface area (Å²) in [6, 6.07) is 11.7. The van der Waals surface area contributed by atoms with E-state index >= 15 is 0 Å². The van der Waals surface area contributed by atoms with Gasteiger partial charge in [0.1, 0.15) is 0 Å². The minimum atomic E-state index is -3.50. The normalized spacial score (nSPS) is 12.0. The maximum atomic E-state index is 12.6. The average Bonchev–Trinajstić information content (AvgIpc) is 2.93. The van der Waals surface area contributed by atoms with Gasteiger partial charge in [-0.2, -0.15) is 0 Å². The second-order valence-corrected chi connectivity index (χ2v) is 8.11. The number of hydrogen-bond donors (Lipinski definition) is 1. The lowest BCUT2D eigenvalue weighted by molar-refractivity contribution is 0.570. The van der Waals surface area contributed by atoms with Crippen LogP contribution in [0.1, 0.15) is 23.1 Å². The molecule has 2 aromatic carbocycles. The first-order valence-corrected chi connectivity index (χ1v) is 9.84. The van der Waals surface area contributed by atoms with Crippen LogP contribution in [0.3, 0.4) is 0 Å². The zero-order valence-corrected chi connectivity index (χ0v) is 15.6. The van der Waals surface area contributed by atoms with Gasteiger partial charge in [0, 0.05) is 13.1 Å². The molecule has 3 aromatic rings. The van der Waals surface area contributed by atoms with E-state index in [1.807, 2.05) is 61.7 Å². The molecule has 6 heteroatoms. The molecule has 0 fully saturated rings. The fraction of sp³-hybridized carbons (Fsp3) is 0.316. The minimum Gasteiger partial charge on any atom is -0.331 e. The molecule has 1 heterocycles. The third kappa shape index (κ3) is 3.75. The lowest BCUT2D eigenvalue weighted by Gasteiger charge is -2.13. The summed E-state index contributed by atoms with van der Waals surface area (Å²) in [5, 5.41) is 0. The van der Waals surface area contributed by atoms with Crippen LogP contribution in [0.5, 0.6) is 0 Å². The monoisotopic (exact) mass is 357 g/mol. The van der Waals surface area contributed by atoms with Gasteiger partial charge in [-0.15, -0.1) is 0 Å². The number of sulfonamides is 1. The molecule has 0 spiro atoms. The Morgan fingerprint density at radius 2 is 1.76 bits per heavy atom. The molecule has 0 radical (unpaired) electrons. The predicted molar refractivity (Wildman–Crippen MR) is 100 cm³/mol. The van der Waals surface area contributed by atoms with E-state index in [0.29, 0.717) is 17.9 Å². The van der Waals surface area contributed by atoms with Crippen molar-refractivity contribution in [2.45, 2.75) is 38.6 Å². The summed E-state index contributed by atoms with van der Waals surface area (Å²) in [5.74, 6) is 0. The van der Waals surface area contributed by atoms with E-state index in [1.165, 1.54) is 0 Å². The molecule has 0 aliphatic heterocycles. The van der Waals surface area contributed by atoms with Gasteiger partial charge in [-0.05, 0) is 50.5 Å². The van der Waals surface area contributed by atoms with E-state index < -0.39 is 10.0 Å². The standard InChI is InChI=1S/C19H23N3O2S/c1-14-11-15(2)19(16(3)12-14)25(23,24)21-9-6-10-22-13-20-17-7-4-5-8-18(17)22/h4-5,7-8,11-13,21H,6,9-10H2,1-3H3. The Balaban J connectivity index is 1.65. The Bertz CT molecular complexity index is 983. The number of rotatable bonds is 6. The molecule has 1 aromatic heterocycles. The molecular formula is C19H23N3O2S. The lowest BCUT2D eigenvalue weighted by atomic mass is 10.1. The number of fused-ring (bicyclic) bond motifs is 1. The molecule has 25 heavy (non-hydrogen) atoms. The van der Waals surface area contributed by atoms with E-state index in [2.05, 4.69) is 9.71 Å². The van der Waals surface area contributed by atoms with Gasteiger partial charge in [-0.25, -0.2) is 18.1 Å². The summed E-state index contributed by atoms with van der Waals surface area (Å²) in [7, 11) is -3.50. The third-order valence-corrected chi connectivity index (χ3v) is 6.03. The quantitative estimate of drug-likeness (QED) is 0.688. The second kappa shape index (κ2) is 6.98. The predicted octanol–water partition coefficient (Wildman–Crippen LogP) is 3.33. The van der Waals surface area contributed by atoms with E-state index in [-0.39, 0.29) is 0 Å². The third-order valence-electron chi connectivity index (χ3n) is 4.27. The van der Waals surface area contributed by atoms with E-state index in [0.717, 1.165) is 34.3 Å². The zero-order chi connectivity index (χ0) is 18.0. The average molecular weight is 357 g/mol. The highest BCUT2D eigenvalue weighted by Crippen LogP contribution is 2.21. The molecule has 0 bridgehead atoms. The first kappa shape index (κ1) is 17.6. The molecule has 0 saturated heterocycles. The van der Waals surface area contributed by atoms with Crippen molar-refractivity contribution in [3.63, 3.8) is 0 Å². The van der Waals surface area contributed by atoms with Crippen LogP contribution in [0.2, 0.25) is 0 Å². The Morgan fingerprint density at radius 1 is 1.08 bits per heavy atom. The highest BCUT2D eigenvalue weighted by Gasteiger charge is 2.19. The number of hydrogen-bond acceptors (Lipinski definition) is 3. The molecule has 5 nitrogen and oxygen atoms in total. The number of nitrogens with one attached hydrogen (secondary N) is 1. The smallest absolute Gasteiger partial charge is 0.241 e. The van der Waals surface area contributed by atoms with Crippen LogP contribution in [0.25, 0.3) is 11.0 Å². The van der Waals surface area contributed by atoms with Crippen molar-refractivity contribution in [3.8, 4) is 0 Å². The highest BCUT2D eigenvalue weighted by atomic mass is 32.2. The maximum absolute atomic E-state index is 12.6. The first-order chi connectivity index (χ1) is 11.9. The van der Waals surface area contributed by atoms with Crippen LogP contribution in [0, 0.1) is 20.8 Å². The van der Waals surface area contributed by atoms with Crippen LogP contribution < -0.4 is 4.72 Å². The van der Waals surface area contributed by atoms with Crippen molar-refractivity contribution in [2.75, 3.05) is 6.54 Å². The Kier molecular flexibility index (Phi) is 4.92. The summed E-state index contributed by atoms with van der Waals surface area (Å²) in [6.45, 7) is 6.76. The molecule has 0 saturated carbocycles. The number of aryl methyl sites for hydroxylation is 4. The van der Waals surface area contributed by atoms with Crippen LogP contribution in [-0.2, 0) is 16.6 Å². The highest BCUT2D eigenvalue weighted by molar-refractivity contribution is 7.89. The fourth-order valence-corrected chi connectivity index (χ4v) is 4.83. The van der Waals surface area contributed by atoms with Gasteiger partial charge in [0.15, 0.2) is 0 Å². The van der Waals surface area contributed by atoms with Gasteiger partial charge in [0.25, 0.3) is 0 Å². The van der Waals surface area contributed by atoms with Crippen molar-refractivity contribution in [3.05, 3.63) is 59.4 Å². The topological polar surface area (TPSA) is 64.0 Å². The summed E-state index contributed by atoms with van der Waals surface area (Å²) >= 11 is 0. The largest absolute Gasteiger partial charge is 0.331 e. The SMILES string of the molecule is Cc1cc(C)c(S(=O)(=O)NCCCn2cnc3ccccc32)c(C)c1. The summed E-state index contributed by atoms with van der Waals surface area (Å²) in [6.07, 6.45) is 2.50. The van der Waals surface area contributed by atoms with E-state index in [4.69, 9.17) is 0 Å². The van der Waals surface area contributed by atoms with E-state index in [9.17, 15) is 8.42 Å². The van der Waals surface area contributed by atoms with Crippen LogP contribution in [-0.4, -0.2) is 24.5 Å². The Hall–Kier alpha value is -2.18. The molecule has 0 unspecified atom stereocenters. The molecule has 0 amide bonds. The number of imidazole rings is 1. The molecule has 0 aliphatic rings. The second-order valence-electron chi connectivity index (χ2n) is 6.41. The number of nitrogens with zero attached hydrogens (tertiary/aromatic N) is 2. The van der Waals surface area contributed by atoms with Gasteiger partial charge < -0.3 is 4.57 Å². The van der Waals surface area contributed by atoms with Gasteiger partial charge in [-0.3, -0.25) is 0 Å². The zero-order valence-electron chi connectivity index (χ0n) is 14.8. The fourth-order valence-electron chi connectivity index (χ4n) is 3.31. The van der Waals surface area contributed by atoms with Crippen LogP contribution >= 0.6 is 0 Å². The maximum Gasteiger partial charge on any atom is 0.241 e. The number of para-hydroxylation sites is 2. The van der Waals surface area contributed by atoms with Crippen LogP contribution in [0.4, 0.5) is 0 Å². The summed E-state index contributed by atoms with van der Waals surface area (Å²) in [4.78, 5) is 4.74. The van der Waals surface area contributed by atoms with Gasteiger partial charge >= 0.3 is 0 Å². The summed E-state index contributed by atoms with van der Waals surface area (Å²) in [5.41, 5.74) is 4.65. The van der Waals surface area contributed by atoms with Crippen LogP contribution in [0.15, 0.2) is 47.6 Å². The van der Waals surface area contributed by atoms with Crippen molar-refractivity contribution in [2.24, 2.45) is 0 Å². The molecule has 1 N–H and O–H groups in total. The summed E-state index contributed by atoms with van der Waals surface area (Å²) < 4.78 is 30.0. The molecule has 132 valence electrons. The molecule has 0 atom stereocenters. The molecule has 0 aliphatic carbocycles. The van der Waals surface area contributed by atoms with Gasteiger partial charge in [0.2, 0.25) is 10.0 Å². The van der Waals surface area contributed by atoms with Crippen molar-refractivity contribution in [1.29, 1.82) is 0 Å². The Morgan fingerprint density at radius 3 is 2.48 bits per heavy atom. The van der Waals surface area contributed by atoms with Gasteiger partial charge in [-0.1, -0.05) is 29.8 Å². The first-order valence-electron chi connectivity index (χ1n) is 8.36. The number of aromatic nitrogens is 2. The van der Waals surface area contributed by atoms with Crippen molar-refractivity contribution < 1.29 is 8.42 Å².